The third kappa shape index (κ3) is 3.82. The maximum Gasteiger partial charge on any atom is 0.352 e. The lowest BCUT2D eigenvalue weighted by molar-refractivity contribution is -0.122. The largest absolute Gasteiger partial charge is 0.352 e. The van der Waals surface area contributed by atoms with Gasteiger partial charge in [-0.2, -0.15) is 0 Å². The zero-order valence-electron chi connectivity index (χ0n) is 16.0. The van der Waals surface area contributed by atoms with Crippen molar-refractivity contribution in [2.24, 2.45) is 0 Å². The van der Waals surface area contributed by atoms with Gasteiger partial charge in [-0.25, -0.2) is 27.6 Å². The Morgan fingerprint density at radius 2 is 1.87 bits per heavy atom. The molecule has 0 fully saturated rings. The van der Waals surface area contributed by atoms with Crippen LogP contribution in [-0.4, -0.2) is 25.1 Å². The molecule has 7 nitrogen and oxygen atoms in total. The monoisotopic (exact) mass is 409 g/mol. The molecule has 0 bridgehead atoms. The molecule has 2 heterocycles. The molecule has 0 saturated heterocycles. The van der Waals surface area contributed by atoms with Crippen molar-refractivity contribution in [1.82, 2.24) is 24.5 Å². The van der Waals surface area contributed by atoms with E-state index < -0.39 is 23.2 Å². The maximum absolute atomic E-state index is 13.7. The van der Waals surface area contributed by atoms with Crippen LogP contribution < -0.4 is 11.0 Å². The van der Waals surface area contributed by atoms with Gasteiger partial charge in [-0.15, -0.1) is 5.10 Å². The number of rotatable bonds is 5. The third-order valence-corrected chi connectivity index (χ3v) is 4.59. The number of halogens is 2. The maximum atomic E-state index is 13.7. The molecule has 152 valence electrons. The summed E-state index contributed by atoms with van der Waals surface area (Å²) in [5.41, 5.74) is 1.54. The standard InChI is InChI=1S/C21H17F2N5O2/c1-13-25-18(14-5-3-2-4-6-14)10-19-26-27(21(30)28(13)19)12-20(29)24-11-15-7-8-16(22)9-17(15)23/h2-10H,11-12H2,1H3,(H,24,29). The summed E-state index contributed by atoms with van der Waals surface area (Å²) >= 11 is 0. The predicted octanol–water partition coefficient (Wildman–Crippen LogP) is 2.46. The fourth-order valence-electron chi connectivity index (χ4n) is 3.11. The number of carbonyl (C=O) groups is 1. The molecule has 0 unspecified atom stereocenters. The Morgan fingerprint density at radius 3 is 2.60 bits per heavy atom. The van der Waals surface area contributed by atoms with Gasteiger partial charge in [0.05, 0.1) is 5.69 Å². The molecule has 30 heavy (non-hydrogen) atoms. The summed E-state index contributed by atoms with van der Waals surface area (Å²) in [4.78, 5) is 29.3. The van der Waals surface area contributed by atoms with E-state index in [0.29, 0.717) is 17.2 Å². The zero-order valence-corrected chi connectivity index (χ0v) is 16.0. The number of fused-ring (bicyclic) bond motifs is 1. The van der Waals surface area contributed by atoms with Crippen LogP contribution in [0.15, 0.2) is 59.4 Å². The summed E-state index contributed by atoms with van der Waals surface area (Å²) in [5, 5.41) is 6.73. The van der Waals surface area contributed by atoms with Crippen molar-refractivity contribution in [3.8, 4) is 11.3 Å². The van der Waals surface area contributed by atoms with Crippen molar-refractivity contribution in [1.29, 1.82) is 0 Å². The number of benzene rings is 2. The molecule has 4 aromatic rings. The Kier molecular flexibility index (Phi) is 5.09. The topological polar surface area (TPSA) is 81.3 Å². The van der Waals surface area contributed by atoms with Crippen molar-refractivity contribution in [3.05, 3.63) is 88.1 Å². The Bertz CT molecular complexity index is 1300. The fourth-order valence-corrected chi connectivity index (χ4v) is 3.11. The van der Waals surface area contributed by atoms with Gasteiger partial charge in [0.25, 0.3) is 0 Å². The molecule has 9 heteroatoms. The summed E-state index contributed by atoms with van der Waals surface area (Å²) in [6, 6.07) is 14.2. The van der Waals surface area contributed by atoms with Crippen LogP contribution in [0.3, 0.4) is 0 Å². The van der Waals surface area contributed by atoms with Crippen LogP contribution in [0.2, 0.25) is 0 Å². The molecule has 2 aromatic heterocycles. The smallest absolute Gasteiger partial charge is 0.350 e. The second-order valence-electron chi connectivity index (χ2n) is 6.70. The molecule has 0 saturated carbocycles. The van der Waals surface area contributed by atoms with Crippen molar-refractivity contribution >= 4 is 11.6 Å². The number of aromatic nitrogens is 4. The van der Waals surface area contributed by atoms with Gasteiger partial charge < -0.3 is 5.32 Å². The first-order chi connectivity index (χ1) is 14.4. The number of amides is 1. The van der Waals surface area contributed by atoms with E-state index in [1.165, 1.54) is 10.5 Å². The number of nitrogens with zero attached hydrogens (tertiary/aromatic N) is 4. The van der Waals surface area contributed by atoms with Crippen LogP contribution in [0.1, 0.15) is 11.4 Å². The highest BCUT2D eigenvalue weighted by atomic mass is 19.1. The van der Waals surface area contributed by atoms with Gasteiger partial charge >= 0.3 is 5.69 Å². The van der Waals surface area contributed by atoms with Gasteiger partial charge in [-0.3, -0.25) is 4.79 Å². The molecule has 2 aromatic carbocycles. The van der Waals surface area contributed by atoms with E-state index in [1.54, 1.807) is 13.0 Å². The van der Waals surface area contributed by atoms with E-state index in [9.17, 15) is 18.4 Å². The third-order valence-electron chi connectivity index (χ3n) is 4.59. The lowest BCUT2D eigenvalue weighted by atomic mass is 10.1. The van der Waals surface area contributed by atoms with Gasteiger partial charge in [0, 0.05) is 29.8 Å². The molecule has 0 aliphatic rings. The van der Waals surface area contributed by atoms with Gasteiger partial charge in [-0.05, 0) is 13.0 Å². The average molecular weight is 409 g/mol. The SMILES string of the molecule is Cc1nc(-c2ccccc2)cc2nn(CC(=O)NCc3ccc(F)cc3F)c(=O)n12. The quantitative estimate of drug-likeness (QED) is 0.549. The summed E-state index contributed by atoms with van der Waals surface area (Å²) in [5.74, 6) is -1.54. The fraction of sp³-hybridized carbons (Fsp3) is 0.143. The molecule has 0 spiro atoms. The summed E-state index contributed by atoms with van der Waals surface area (Å²) in [6.07, 6.45) is 0. The van der Waals surface area contributed by atoms with E-state index in [-0.39, 0.29) is 18.7 Å². The van der Waals surface area contributed by atoms with Crippen LogP contribution in [0.5, 0.6) is 0 Å². The van der Waals surface area contributed by atoms with Crippen LogP contribution in [0.4, 0.5) is 8.78 Å². The van der Waals surface area contributed by atoms with Crippen molar-refractivity contribution in [2.45, 2.75) is 20.0 Å². The molecule has 4 rings (SSSR count). The summed E-state index contributed by atoms with van der Waals surface area (Å²) in [7, 11) is 0. The van der Waals surface area contributed by atoms with Gasteiger partial charge in [-0.1, -0.05) is 36.4 Å². The molecule has 0 aliphatic carbocycles. The second kappa shape index (κ2) is 7.86. The Labute approximate surface area is 169 Å². The van der Waals surface area contributed by atoms with Crippen LogP contribution in [0.25, 0.3) is 16.9 Å². The number of carbonyl (C=O) groups excluding carboxylic acids is 1. The molecular weight excluding hydrogens is 392 g/mol. The van der Waals surface area contributed by atoms with E-state index >= 15 is 0 Å². The van der Waals surface area contributed by atoms with Crippen molar-refractivity contribution in [3.63, 3.8) is 0 Å². The highest BCUT2D eigenvalue weighted by Crippen LogP contribution is 2.18. The van der Waals surface area contributed by atoms with E-state index in [1.807, 2.05) is 30.3 Å². The first kappa shape index (κ1) is 19.4. The highest BCUT2D eigenvalue weighted by Gasteiger charge is 2.15. The Morgan fingerprint density at radius 1 is 1.10 bits per heavy atom. The second-order valence-corrected chi connectivity index (χ2v) is 6.70. The van der Waals surface area contributed by atoms with E-state index in [4.69, 9.17) is 0 Å². The van der Waals surface area contributed by atoms with Gasteiger partial charge in [0.2, 0.25) is 5.91 Å². The molecular formula is C21H17F2N5O2. The minimum Gasteiger partial charge on any atom is -0.350 e. The van der Waals surface area contributed by atoms with Crippen LogP contribution in [0, 0.1) is 18.6 Å². The van der Waals surface area contributed by atoms with Crippen LogP contribution in [-0.2, 0) is 17.9 Å². The zero-order chi connectivity index (χ0) is 21.3. The number of hydrogen-bond acceptors (Lipinski definition) is 4. The molecule has 0 radical (unpaired) electrons. The normalized spacial score (nSPS) is 11.0. The van der Waals surface area contributed by atoms with E-state index in [0.717, 1.165) is 22.4 Å². The number of aryl methyl sites for hydroxylation is 1. The Hall–Kier alpha value is -3.88. The number of hydrogen-bond donors (Lipinski definition) is 1. The van der Waals surface area contributed by atoms with Crippen molar-refractivity contribution < 1.29 is 13.6 Å². The number of nitrogens with one attached hydrogen (secondary N) is 1. The van der Waals surface area contributed by atoms with E-state index in [2.05, 4.69) is 15.4 Å². The lowest BCUT2D eigenvalue weighted by Gasteiger charge is -2.06. The predicted molar refractivity (Wildman–Crippen MR) is 106 cm³/mol. The van der Waals surface area contributed by atoms with Gasteiger partial charge in [0.15, 0.2) is 5.65 Å². The average Bonchev–Trinajstić information content (AvgIpc) is 3.03. The first-order valence-corrected chi connectivity index (χ1v) is 9.15. The minimum atomic E-state index is -0.754. The molecule has 1 N–H and O–H groups in total. The highest BCUT2D eigenvalue weighted by molar-refractivity contribution is 5.75. The molecule has 0 atom stereocenters. The first-order valence-electron chi connectivity index (χ1n) is 9.15. The molecule has 1 amide bonds. The minimum absolute atomic E-state index is 0.133. The molecule has 0 aliphatic heterocycles. The lowest BCUT2D eigenvalue weighted by Crippen LogP contribution is -2.33. The summed E-state index contributed by atoms with van der Waals surface area (Å²) < 4.78 is 29.0. The van der Waals surface area contributed by atoms with Crippen LogP contribution >= 0.6 is 0 Å². The van der Waals surface area contributed by atoms with Gasteiger partial charge in [0.1, 0.15) is 24.0 Å². The summed E-state index contributed by atoms with van der Waals surface area (Å²) in [6.45, 7) is 1.21. The Balaban J connectivity index is 1.55. The van der Waals surface area contributed by atoms with Crippen molar-refractivity contribution in [2.75, 3.05) is 0 Å².